The lowest BCUT2D eigenvalue weighted by molar-refractivity contribution is -0.167. The van der Waals surface area contributed by atoms with Crippen LogP contribution in [-0.2, 0) is 33.4 Å². The van der Waals surface area contributed by atoms with Crippen molar-refractivity contribution in [3.05, 3.63) is 0 Å². The molecule has 0 heterocycles. The Labute approximate surface area is 117 Å². The van der Waals surface area contributed by atoms with E-state index in [0.29, 0.717) is 12.8 Å². The van der Waals surface area contributed by atoms with E-state index in [1.54, 1.807) is 6.92 Å². The number of rotatable bonds is 5. The lowest BCUT2D eigenvalue weighted by atomic mass is 10.5. The van der Waals surface area contributed by atoms with Crippen molar-refractivity contribution in [1.29, 1.82) is 0 Å². The van der Waals surface area contributed by atoms with E-state index in [1.807, 2.05) is 13.8 Å². The van der Waals surface area contributed by atoms with Crippen molar-refractivity contribution in [2.24, 2.45) is 0 Å². The normalized spacial score (nSPS) is 8.75. The molecule has 0 rings (SSSR count). The summed E-state index contributed by atoms with van der Waals surface area (Å²) in [4.78, 5) is 41.0. The second kappa shape index (κ2) is 13.3. The third kappa shape index (κ3) is 12.3. The van der Waals surface area contributed by atoms with Gasteiger partial charge in [0.25, 0.3) is 0 Å². The van der Waals surface area contributed by atoms with E-state index in [4.69, 9.17) is 5.11 Å². The first-order valence-electron chi connectivity index (χ1n) is 6.14. The van der Waals surface area contributed by atoms with E-state index in [2.05, 4.69) is 14.2 Å². The summed E-state index contributed by atoms with van der Waals surface area (Å²) in [6, 6.07) is 0. The van der Waals surface area contributed by atoms with Gasteiger partial charge in [0.15, 0.2) is 0 Å². The van der Waals surface area contributed by atoms with Gasteiger partial charge in [0, 0.05) is 0 Å². The number of carboxylic acids is 1. The minimum Gasteiger partial charge on any atom is -0.473 e. The zero-order valence-corrected chi connectivity index (χ0v) is 11.8. The molecule has 0 atom stereocenters. The minimum absolute atomic E-state index is 0.102. The summed E-state index contributed by atoms with van der Waals surface area (Å²) in [7, 11) is 0. The molecule has 0 aliphatic carbocycles. The van der Waals surface area contributed by atoms with E-state index in [9.17, 15) is 19.2 Å². The number of carbonyl (C=O) groups excluding carboxylic acids is 3. The largest absolute Gasteiger partial charge is 0.473 e. The van der Waals surface area contributed by atoms with Crippen LogP contribution in [0.3, 0.4) is 0 Å². The molecular weight excluding hydrogens is 272 g/mol. The zero-order valence-electron chi connectivity index (χ0n) is 11.8. The third-order valence-electron chi connectivity index (χ3n) is 1.49. The molecule has 0 spiro atoms. The molecule has 8 nitrogen and oxygen atoms in total. The van der Waals surface area contributed by atoms with Gasteiger partial charge in [-0.2, -0.15) is 0 Å². The molecule has 116 valence electrons. The van der Waals surface area contributed by atoms with Gasteiger partial charge < -0.3 is 19.3 Å². The van der Waals surface area contributed by atoms with Gasteiger partial charge in [0.2, 0.25) is 0 Å². The molecule has 1 N–H and O–H groups in total. The maximum atomic E-state index is 10.7. The number of carbonyl (C=O) groups is 4. The summed E-state index contributed by atoms with van der Waals surface area (Å²) in [5.74, 6) is -4.55. The van der Waals surface area contributed by atoms with E-state index in [-0.39, 0.29) is 19.8 Å². The summed E-state index contributed by atoms with van der Waals surface area (Å²) in [6.07, 6.45) is 1.40. The maximum absolute atomic E-state index is 10.7. The maximum Gasteiger partial charge on any atom is 0.417 e. The van der Waals surface area contributed by atoms with Crippen LogP contribution in [0.5, 0.6) is 0 Å². The van der Waals surface area contributed by atoms with Crippen molar-refractivity contribution < 1.29 is 38.5 Å². The van der Waals surface area contributed by atoms with Gasteiger partial charge in [-0.3, -0.25) is 0 Å². The zero-order chi connectivity index (χ0) is 16.0. The van der Waals surface area contributed by atoms with Crippen LogP contribution < -0.4 is 0 Å². The quantitative estimate of drug-likeness (QED) is 0.443. The summed E-state index contributed by atoms with van der Waals surface area (Å²) in [6.45, 7) is 5.88. The highest BCUT2D eigenvalue weighted by molar-refractivity contribution is 6.29. The predicted molar refractivity (Wildman–Crippen MR) is 66.8 cm³/mol. The fourth-order valence-corrected chi connectivity index (χ4v) is 0.700. The van der Waals surface area contributed by atoms with Crippen LogP contribution in [0, 0.1) is 0 Å². The monoisotopic (exact) mass is 292 g/mol. The number of esters is 3. The molecule has 0 amide bonds. The Morgan fingerprint density at radius 1 is 0.750 bits per heavy atom. The summed E-state index contributed by atoms with van der Waals surface area (Å²) < 4.78 is 13.1. The van der Waals surface area contributed by atoms with Crippen LogP contribution in [0.1, 0.15) is 33.6 Å². The van der Waals surface area contributed by atoms with E-state index in [0.717, 1.165) is 0 Å². The first-order valence-corrected chi connectivity index (χ1v) is 6.14. The van der Waals surface area contributed by atoms with Crippen LogP contribution in [0.2, 0.25) is 0 Å². The second-order valence-electron chi connectivity index (χ2n) is 3.30. The number of hydrogen-bond acceptors (Lipinski definition) is 7. The molecule has 0 aromatic carbocycles. The van der Waals surface area contributed by atoms with Crippen LogP contribution >= 0.6 is 0 Å². The van der Waals surface area contributed by atoms with Crippen LogP contribution in [0.4, 0.5) is 0 Å². The highest BCUT2D eigenvalue weighted by atomic mass is 16.6. The van der Waals surface area contributed by atoms with Gasteiger partial charge in [-0.15, -0.1) is 0 Å². The highest BCUT2D eigenvalue weighted by Crippen LogP contribution is 1.88. The van der Waals surface area contributed by atoms with Gasteiger partial charge in [0.1, 0.15) is 0 Å². The fourth-order valence-electron chi connectivity index (χ4n) is 0.700. The van der Waals surface area contributed by atoms with Crippen molar-refractivity contribution >= 4 is 23.9 Å². The molecule has 0 bridgehead atoms. The lowest BCUT2D eigenvalue weighted by Gasteiger charge is -2.02. The van der Waals surface area contributed by atoms with Crippen molar-refractivity contribution in [1.82, 2.24) is 0 Å². The molecule has 0 aliphatic heterocycles. The first-order chi connectivity index (χ1) is 9.40. The first kappa shape index (κ1) is 20.2. The predicted octanol–water partition coefficient (Wildman–Crippen LogP) is 0.527. The molecular formula is C12H20O8. The smallest absolute Gasteiger partial charge is 0.417 e. The average Bonchev–Trinajstić information content (AvgIpc) is 2.42. The molecule has 0 radical (unpaired) electrons. The Morgan fingerprint density at radius 3 is 1.35 bits per heavy atom. The number of ether oxygens (including phenoxy) is 3. The Balaban J connectivity index is 0. The van der Waals surface area contributed by atoms with E-state index < -0.39 is 23.9 Å². The highest BCUT2D eigenvalue weighted by Gasteiger charge is 2.15. The molecule has 0 saturated carbocycles. The van der Waals surface area contributed by atoms with Gasteiger partial charge in [0.05, 0.1) is 19.8 Å². The Kier molecular flexibility index (Phi) is 13.4. The molecule has 0 fully saturated rings. The number of carboxylic acid groups (broad SMARTS) is 1. The van der Waals surface area contributed by atoms with Gasteiger partial charge in [-0.1, -0.05) is 13.8 Å². The molecule has 0 aromatic rings. The third-order valence-corrected chi connectivity index (χ3v) is 1.49. The van der Waals surface area contributed by atoms with Gasteiger partial charge in [-0.05, 0) is 19.8 Å². The average molecular weight is 292 g/mol. The molecule has 0 unspecified atom stereocenters. The molecule has 0 aliphatic rings. The van der Waals surface area contributed by atoms with Crippen molar-refractivity contribution in [3.8, 4) is 0 Å². The standard InChI is InChI=1S/C8H14O4.C4H6O4/c1-3-5-11-7(9)8(10)12-6-4-2;1-2-8-4(7)3(5)6/h3-6H2,1-2H3;2H2,1H3,(H,5,6). The number of aliphatic carboxylic acids is 1. The SMILES string of the molecule is CCCOC(=O)C(=O)OCCC.CCOC(=O)C(=O)O. The van der Waals surface area contributed by atoms with Crippen LogP contribution in [-0.4, -0.2) is 48.8 Å². The van der Waals surface area contributed by atoms with E-state index in [1.165, 1.54) is 0 Å². The molecule has 8 heteroatoms. The molecule has 0 saturated heterocycles. The second-order valence-corrected chi connectivity index (χ2v) is 3.30. The minimum atomic E-state index is -1.55. The summed E-state index contributed by atoms with van der Waals surface area (Å²) >= 11 is 0. The lowest BCUT2D eigenvalue weighted by Crippen LogP contribution is -2.20. The summed E-state index contributed by atoms with van der Waals surface area (Å²) in [5.41, 5.74) is 0. The van der Waals surface area contributed by atoms with Gasteiger partial charge >= 0.3 is 23.9 Å². The van der Waals surface area contributed by atoms with Crippen LogP contribution in [0.25, 0.3) is 0 Å². The number of hydrogen-bond donors (Lipinski definition) is 1. The van der Waals surface area contributed by atoms with Crippen molar-refractivity contribution in [2.45, 2.75) is 33.6 Å². The molecule has 0 aromatic heterocycles. The van der Waals surface area contributed by atoms with Crippen LogP contribution in [0.15, 0.2) is 0 Å². The Morgan fingerprint density at radius 2 is 1.15 bits per heavy atom. The van der Waals surface area contributed by atoms with Crippen molar-refractivity contribution in [2.75, 3.05) is 19.8 Å². The van der Waals surface area contributed by atoms with Gasteiger partial charge in [-0.25, -0.2) is 19.2 Å². The topological polar surface area (TPSA) is 116 Å². The Hall–Kier alpha value is -2.12. The Bertz CT molecular complexity index is 305. The summed E-state index contributed by atoms with van der Waals surface area (Å²) in [5, 5.41) is 7.84. The molecule has 20 heavy (non-hydrogen) atoms. The van der Waals surface area contributed by atoms with Crippen molar-refractivity contribution in [3.63, 3.8) is 0 Å². The fraction of sp³-hybridized carbons (Fsp3) is 0.667. The van der Waals surface area contributed by atoms with E-state index >= 15 is 0 Å².